The van der Waals surface area contributed by atoms with Gasteiger partial charge in [-0.3, -0.25) is 9.89 Å². The molecule has 1 amide bonds. The number of carbonyl (C=O) groups is 1. The molecular weight excluding hydrogens is 268 g/mol. The monoisotopic (exact) mass is 286 g/mol. The molecule has 7 nitrogen and oxygen atoms in total. The maximum absolute atomic E-state index is 12.1. The highest BCUT2D eigenvalue weighted by Gasteiger charge is 2.25. The topological polar surface area (TPSA) is 95.2 Å². The zero-order valence-corrected chi connectivity index (χ0v) is 11.6. The molecule has 2 N–H and O–H groups in total. The molecule has 19 heavy (non-hydrogen) atoms. The van der Waals surface area contributed by atoms with Crippen molar-refractivity contribution in [1.82, 2.24) is 19.8 Å². The third-order valence-electron chi connectivity index (χ3n) is 3.19. The zero-order chi connectivity index (χ0) is 13.9. The van der Waals surface area contributed by atoms with Crippen LogP contribution in [0.15, 0.2) is 12.4 Å². The fraction of sp³-hybridized carbons (Fsp3) is 0.636. The smallest absolute Gasteiger partial charge is 0.257 e. The van der Waals surface area contributed by atoms with Crippen molar-refractivity contribution in [2.24, 2.45) is 5.92 Å². The Bertz CT molecular complexity index is 526. The first-order chi connectivity index (χ1) is 8.96. The molecule has 1 atom stereocenters. The summed E-state index contributed by atoms with van der Waals surface area (Å²) < 4.78 is 24.6. The van der Waals surface area contributed by atoms with Gasteiger partial charge in [0.05, 0.1) is 18.0 Å². The standard InChI is InChI=1S/C11H18N4O3S/c1-19(17,18)14-5-9-3-2-4-15(8-9)11(16)10-6-12-13-7-10/h6-7,9,14H,2-5,8H2,1H3,(H,12,13). The molecule has 2 heterocycles. The highest BCUT2D eigenvalue weighted by Crippen LogP contribution is 2.17. The molecule has 1 saturated heterocycles. The minimum atomic E-state index is -3.17. The van der Waals surface area contributed by atoms with Crippen LogP contribution >= 0.6 is 0 Å². The number of aromatic amines is 1. The van der Waals surface area contributed by atoms with E-state index in [0.717, 1.165) is 19.1 Å². The predicted molar refractivity (Wildman–Crippen MR) is 70.1 cm³/mol. The maximum atomic E-state index is 12.1. The van der Waals surface area contributed by atoms with E-state index < -0.39 is 10.0 Å². The summed E-state index contributed by atoms with van der Waals surface area (Å²) in [5.41, 5.74) is 0.539. The first-order valence-electron chi connectivity index (χ1n) is 6.18. The molecule has 0 radical (unpaired) electrons. The largest absolute Gasteiger partial charge is 0.338 e. The van der Waals surface area contributed by atoms with Gasteiger partial charge in [-0.25, -0.2) is 13.1 Å². The number of piperidine rings is 1. The first kappa shape index (κ1) is 14.0. The van der Waals surface area contributed by atoms with E-state index in [4.69, 9.17) is 0 Å². The summed E-state index contributed by atoms with van der Waals surface area (Å²) in [7, 11) is -3.17. The molecule has 1 fully saturated rings. The van der Waals surface area contributed by atoms with E-state index >= 15 is 0 Å². The Labute approximate surface area is 112 Å². The minimum Gasteiger partial charge on any atom is -0.338 e. The molecule has 1 aliphatic rings. The maximum Gasteiger partial charge on any atom is 0.257 e. The molecule has 1 aromatic rings. The highest BCUT2D eigenvalue weighted by atomic mass is 32.2. The van der Waals surface area contributed by atoms with Crippen LogP contribution in [0.4, 0.5) is 0 Å². The van der Waals surface area contributed by atoms with Gasteiger partial charge in [-0.05, 0) is 18.8 Å². The van der Waals surface area contributed by atoms with Crippen LogP contribution in [0.25, 0.3) is 0 Å². The van der Waals surface area contributed by atoms with Crippen LogP contribution in [0.1, 0.15) is 23.2 Å². The summed E-state index contributed by atoms with van der Waals surface area (Å²) in [6, 6.07) is 0. The number of hydrogen-bond acceptors (Lipinski definition) is 4. The minimum absolute atomic E-state index is 0.0576. The van der Waals surface area contributed by atoms with E-state index in [1.54, 1.807) is 11.1 Å². The molecule has 0 aliphatic carbocycles. The zero-order valence-electron chi connectivity index (χ0n) is 10.8. The molecule has 1 aromatic heterocycles. The fourth-order valence-electron chi connectivity index (χ4n) is 2.24. The predicted octanol–water partition coefficient (Wildman–Crippen LogP) is -0.189. The van der Waals surface area contributed by atoms with Crippen LogP contribution in [0.2, 0.25) is 0 Å². The second kappa shape index (κ2) is 5.70. The lowest BCUT2D eigenvalue weighted by Gasteiger charge is -2.32. The highest BCUT2D eigenvalue weighted by molar-refractivity contribution is 7.88. The summed E-state index contributed by atoms with van der Waals surface area (Å²) in [5.74, 6) is 0.108. The van der Waals surface area contributed by atoms with Gasteiger partial charge in [0.1, 0.15) is 0 Å². The first-order valence-corrected chi connectivity index (χ1v) is 8.07. The number of H-pyrrole nitrogens is 1. The van der Waals surface area contributed by atoms with Crippen molar-refractivity contribution >= 4 is 15.9 Å². The van der Waals surface area contributed by atoms with Crippen LogP contribution in [-0.2, 0) is 10.0 Å². The molecule has 2 rings (SSSR count). The van der Waals surface area contributed by atoms with Crippen molar-refractivity contribution in [3.63, 3.8) is 0 Å². The normalized spacial score (nSPS) is 20.5. The molecule has 8 heteroatoms. The van der Waals surface area contributed by atoms with Gasteiger partial charge in [0, 0.05) is 25.8 Å². The Balaban J connectivity index is 1.92. The molecule has 106 valence electrons. The molecule has 1 aliphatic heterocycles. The number of sulfonamides is 1. The van der Waals surface area contributed by atoms with Gasteiger partial charge < -0.3 is 4.90 Å². The summed E-state index contributed by atoms with van der Waals surface area (Å²) in [6.07, 6.45) is 6.03. The van der Waals surface area contributed by atoms with Gasteiger partial charge in [-0.2, -0.15) is 5.10 Å². The third kappa shape index (κ3) is 4.03. The summed E-state index contributed by atoms with van der Waals surface area (Å²) in [5, 5.41) is 6.38. The molecule has 0 bridgehead atoms. The van der Waals surface area contributed by atoms with Crippen LogP contribution in [0.3, 0.4) is 0 Å². The molecule has 0 saturated carbocycles. The summed E-state index contributed by atoms with van der Waals surface area (Å²) in [4.78, 5) is 13.9. The average molecular weight is 286 g/mol. The van der Waals surface area contributed by atoms with Gasteiger partial charge in [-0.1, -0.05) is 0 Å². The van der Waals surface area contributed by atoms with Crippen LogP contribution in [-0.4, -0.2) is 55.3 Å². The molecule has 0 aromatic carbocycles. The number of rotatable bonds is 4. The van der Waals surface area contributed by atoms with Gasteiger partial charge in [0.2, 0.25) is 10.0 Å². The quantitative estimate of drug-likeness (QED) is 0.802. The lowest BCUT2D eigenvalue weighted by atomic mass is 9.98. The lowest BCUT2D eigenvalue weighted by molar-refractivity contribution is 0.0676. The number of likely N-dealkylation sites (tertiary alicyclic amines) is 1. The van der Waals surface area contributed by atoms with Crippen LogP contribution in [0.5, 0.6) is 0 Å². The van der Waals surface area contributed by atoms with Gasteiger partial charge in [0.15, 0.2) is 0 Å². The Morgan fingerprint density at radius 2 is 2.42 bits per heavy atom. The Morgan fingerprint density at radius 1 is 1.63 bits per heavy atom. The van der Waals surface area contributed by atoms with Crippen molar-refractivity contribution in [3.8, 4) is 0 Å². The van der Waals surface area contributed by atoms with Crippen molar-refractivity contribution in [1.29, 1.82) is 0 Å². The van der Waals surface area contributed by atoms with Gasteiger partial charge >= 0.3 is 0 Å². The third-order valence-corrected chi connectivity index (χ3v) is 3.88. The van der Waals surface area contributed by atoms with Crippen LogP contribution < -0.4 is 4.72 Å². The number of carbonyl (C=O) groups excluding carboxylic acids is 1. The van der Waals surface area contributed by atoms with Crippen molar-refractivity contribution in [3.05, 3.63) is 18.0 Å². The van der Waals surface area contributed by atoms with E-state index in [9.17, 15) is 13.2 Å². The number of amides is 1. The SMILES string of the molecule is CS(=O)(=O)NCC1CCCN(C(=O)c2cn[nH]c2)C1. The summed E-state index contributed by atoms with van der Waals surface area (Å²) >= 11 is 0. The average Bonchev–Trinajstić information content (AvgIpc) is 2.89. The lowest BCUT2D eigenvalue weighted by Crippen LogP contribution is -2.43. The van der Waals surface area contributed by atoms with Crippen LogP contribution in [0, 0.1) is 5.92 Å². The second-order valence-electron chi connectivity index (χ2n) is 4.87. The number of nitrogens with zero attached hydrogens (tertiary/aromatic N) is 2. The molecule has 0 spiro atoms. The van der Waals surface area contributed by atoms with Crippen molar-refractivity contribution in [2.75, 3.05) is 25.9 Å². The van der Waals surface area contributed by atoms with E-state index in [1.807, 2.05) is 0 Å². The van der Waals surface area contributed by atoms with E-state index in [1.165, 1.54) is 6.20 Å². The van der Waals surface area contributed by atoms with Crippen molar-refractivity contribution in [2.45, 2.75) is 12.8 Å². The van der Waals surface area contributed by atoms with Gasteiger partial charge in [-0.15, -0.1) is 0 Å². The number of hydrogen-bond donors (Lipinski definition) is 2. The number of aromatic nitrogens is 2. The Hall–Kier alpha value is -1.41. The summed E-state index contributed by atoms with van der Waals surface area (Å²) in [6.45, 7) is 1.67. The van der Waals surface area contributed by atoms with E-state index in [-0.39, 0.29) is 11.8 Å². The van der Waals surface area contributed by atoms with Crippen molar-refractivity contribution < 1.29 is 13.2 Å². The Morgan fingerprint density at radius 3 is 3.05 bits per heavy atom. The van der Waals surface area contributed by atoms with E-state index in [2.05, 4.69) is 14.9 Å². The van der Waals surface area contributed by atoms with Gasteiger partial charge in [0.25, 0.3) is 5.91 Å². The second-order valence-corrected chi connectivity index (χ2v) is 6.70. The van der Waals surface area contributed by atoms with E-state index in [0.29, 0.717) is 25.2 Å². The fourth-order valence-corrected chi connectivity index (χ4v) is 2.77. The Kier molecular flexibility index (Phi) is 4.20. The molecule has 1 unspecified atom stereocenters. The molecular formula is C11H18N4O3S. The number of nitrogens with one attached hydrogen (secondary N) is 2.